The molecule has 3 aromatic carbocycles. The zero-order valence-electron chi connectivity index (χ0n) is 26.0. The maximum Gasteiger partial charge on any atom is 0.243 e. The van der Waals surface area contributed by atoms with Gasteiger partial charge in [0.1, 0.15) is 11.9 Å². The highest BCUT2D eigenvalue weighted by Crippen LogP contribution is 2.24. The molecule has 0 radical (unpaired) electrons. The minimum atomic E-state index is -3.60. The average molecular weight is 622 g/mol. The molecular formula is C35H44FN3O4S. The largest absolute Gasteiger partial charge is 0.352 e. The van der Waals surface area contributed by atoms with Crippen LogP contribution in [0.2, 0.25) is 0 Å². The lowest BCUT2D eigenvalue weighted by Gasteiger charge is -2.34. The second kappa shape index (κ2) is 15.3. The van der Waals surface area contributed by atoms with Crippen molar-refractivity contribution < 1.29 is 22.4 Å². The number of rotatable bonds is 13. The quantitative estimate of drug-likeness (QED) is 0.251. The van der Waals surface area contributed by atoms with E-state index in [0.717, 1.165) is 48.8 Å². The molecule has 44 heavy (non-hydrogen) atoms. The summed E-state index contributed by atoms with van der Waals surface area (Å²) in [7, 11) is -3.60. The van der Waals surface area contributed by atoms with Crippen molar-refractivity contribution in [3.63, 3.8) is 0 Å². The standard InChI is InChI=1S/C35H44FN3O4S/c1-26-21-27(2)23-32(22-26)39(44(3,42)43)20-10-15-34(40)38(25-29-16-18-30(36)19-17-29)33(24-28-11-6-4-7-12-28)35(41)37-31-13-8-5-9-14-31/h4,6-7,11-12,16-19,21-23,31,33H,5,8-10,13-15,20,24-25H2,1-3H3,(H,37,41)/t33-/m0/s1. The summed E-state index contributed by atoms with van der Waals surface area (Å²) in [5.41, 5.74) is 4.09. The molecular weight excluding hydrogens is 577 g/mol. The van der Waals surface area contributed by atoms with Crippen LogP contribution in [0.25, 0.3) is 0 Å². The number of sulfonamides is 1. The van der Waals surface area contributed by atoms with Crippen molar-refractivity contribution in [2.24, 2.45) is 0 Å². The molecule has 1 aliphatic carbocycles. The molecule has 236 valence electrons. The van der Waals surface area contributed by atoms with Crippen LogP contribution < -0.4 is 9.62 Å². The molecule has 4 rings (SSSR count). The highest BCUT2D eigenvalue weighted by molar-refractivity contribution is 7.92. The van der Waals surface area contributed by atoms with E-state index in [0.29, 0.717) is 17.7 Å². The molecule has 3 aromatic rings. The molecule has 1 aliphatic rings. The monoisotopic (exact) mass is 621 g/mol. The van der Waals surface area contributed by atoms with E-state index in [1.807, 2.05) is 62.4 Å². The van der Waals surface area contributed by atoms with Gasteiger partial charge in [0, 0.05) is 32.0 Å². The number of hydrogen-bond acceptors (Lipinski definition) is 4. The Morgan fingerprint density at radius 1 is 0.909 bits per heavy atom. The van der Waals surface area contributed by atoms with Crippen molar-refractivity contribution in [2.45, 2.75) is 83.8 Å². The van der Waals surface area contributed by atoms with E-state index in [1.54, 1.807) is 17.0 Å². The summed E-state index contributed by atoms with van der Waals surface area (Å²) in [5, 5.41) is 3.22. The van der Waals surface area contributed by atoms with Gasteiger partial charge in [-0.05, 0) is 79.6 Å². The number of nitrogens with one attached hydrogen (secondary N) is 1. The number of benzene rings is 3. The van der Waals surface area contributed by atoms with Crippen molar-refractivity contribution in [3.8, 4) is 0 Å². The zero-order chi connectivity index (χ0) is 31.7. The number of hydrogen-bond donors (Lipinski definition) is 1. The van der Waals surface area contributed by atoms with Crippen LogP contribution >= 0.6 is 0 Å². The molecule has 0 aromatic heterocycles. The van der Waals surface area contributed by atoms with Crippen LogP contribution in [0.5, 0.6) is 0 Å². The first-order chi connectivity index (χ1) is 21.0. The van der Waals surface area contributed by atoms with Crippen molar-refractivity contribution in [1.82, 2.24) is 10.2 Å². The van der Waals surface area contributed by atoms with Crippen molar-refractivity contribution in [3.05, 3.63) is 101 Å². The second-order valence-corrected chi connectivity index (χ2v) is 13.9. The Hall–Kier alpha value is -3.72. The first-order valence-electron chi connectivity index (χ1n) is 15.4. The third-order valence-electron chi connectivity index (χ3n) is 8.14. The summed E-state index contributed by atoms with van der Waals surface area (Å²) >= 11 is 0. The minimum Gasteiger partial charge on any atom is -0.352 e. The van der Waals surface area contributed by atoms with Gasteiger partial charge in [-0.15, -0.1) is 0 Å². The fraction of sp³-hybridized carbons (Fsp3) is 0.429. The van der Waals surface area contributed by atoms with E-state index >= 15 is 0 Å². The van der Waals surface area contributed by atoms with Crippen LogP contribution in [0.1, 0.15) is 67.2 Å². The molecule has 0 saturated heterocycles. The molecule has 9 heteroatoms. The van der Waals surface area contributed by atoms with Crippen LogP contribution in [0, 0.1) is 19.7 Å². The van der Waals surface area contributed by atoms with Crippen LogP contribution in [0.3, 0.4) is 0 Å². The Morgan fingerprint density at radius 3 is 2.16 bits per heavy atom. The number of halogens is 1. The SMILES string of the molecule is Cc1cc(C)cc(N(CCCC(=O)N(Cc2ccc(F)cc2)[C@@H](Cc2ccccc2)C(=O)NC2CCCCC2)S(C)(=O)=O)c1. The molecule has 7 nitrogen and oxygen atoms in total. The lowest BCUT2D eigenvalue weighted by molar-refractivity contribution is -0.141. The molecule has 0 aliphatic heterocycles. The predicted octanol–water partition coefficient (Wildman–Crippen LogP) is 6.08. The summed E-state index contributed by atoms with van der Waals surface area (Å²) in [6.07, 6.45) is 6.89. The van der Waals surface area contributed by atoms with Crippen molar-refractivity contribution >= 4 is 27.5 Å². The van der Waals surface area contributed by atoms with E-state index < -0.39 is 16.1 Å². The van der Waals surface area contributed by atoms with Gasteiger partial charge in [0.15, 0.2) is 0 Å². The molecule has 2 amide bonds. The van der Waals surface area contributed by atoms with Crippen LogP contribution in [0.15, 0.2) is 72.8 Å². The van der Waals surface area contributed by atoms with Crippen molar-refractivity contribution in [2.75, 3.05) is 17.1 Å². The van der Waals surface area contributed by atoms with Crippen LogP contribution in [-0.4, -0.2) is 50.0 Å². The number of amides is 2. The van der Waals surface area contributed by atoms with E-state index in [4.69, 9.17) is 0 Å². The van der Waals surface area contributed by atoms with Gasteiger partial charge in [0.25, 0.3) is 0 Å². The third kappa shape index (κ3) is 9.64. The first-order valence-corrected chi connectivity index (χ1v) is 17.3. The third-order valence-corrected chi connectivity index (χ3v) is 9.33. The zero-order valence-corrected chi connectivity index (χ0v) is 26.8. The van der Waals surface area contributed by atoms with E-state index in [-0.39, 0.29) is 49.6 Å². The first kappa shape index (κ1) is 33.2. The number of anilines is 1. The van der Waals surface area contributed by atoms with E-state index in [1.165, 1.54) is 22.7 Å². The average Bonchev–Trinajstić information content (AvgIpc) is 2.98. The molecule has 0 unspecified atom stereocenters. The summed E-state index contributed by atoms with van der Waals surface area (Å²) < 4.78 is 40.6. The normalized spacial score (nSPS) is 14.5. The number of aryl methyl sites for hydroxylation is 2. The minimum absolute atomic E-state index is 0.0417. The van der Waals surface area contributed by atoms with E-state index in [9.17, 15) is 22.4 Å². The Bertz CT molecular complexity index is 1490. The number of nitrogens with zero attached hydrogens (tertiary/aromatic N) is 2. The molecule has 1 atom stereocenters. The fourth-order valence-electron chi connectivity index (χ4n) is 5.98. The lowest BCUT2D eigenvalue weighted by Crippen LogP contribution is -2.52. The van der Waals surface area contributed by atoms with Gasteiger partial charge in [-0.2, -0.15) is 0 Å². The predicted molar refractivity (Wildman–Crippen MR) is 173 cm³/mol. The van der Waals surface area contributed by atoms with Crippen LogP contribution in [-0.2, 0) is 32.6 Å². The Morgan fingerprint density at radius 2 is 1.55 bits per heavy atom. The summed E-state index contributed by atoms with van der Waals surface area (Å²) in [6, 6.07) is 20.4. The fourth-order valence-corrected chi connectivity index (χ4v) is 6.93. The molecule has 0 heterocycles. The smallest absolute Gasteiger partial charge is 0.243 e. The van der Waals surface area contributed by atoms with Gasteiger partial charge in [0.2, 0.25) is 21.8 Å². The van der Waals surface area contributed by atoms with Gasteiger partial charge >= 0.3 is 0 Å². The maximum atomic E-state index is 14.0. The molecule has 1 N–H and O–H groups in total. The highest BCUT2D eigenvalue weighted by atomic mass is 32.2. The maximum absolute atomic E-state index is 14.0. The molecule has 0 bridgehead atoms. The molecule has 1 fully saturated rings. The Labute approximate surface area is 261 Å². The topological polar surface area (TPSA) is 86.8 Å². The van der Waals surface area contributed by atoms with Gasteiger partial charge in [-0.25, -0.2) is 12.8 Å². The van der Waals surface area contributed by atoms with Gasteiger partial charge in [-0.3, -0.25) is 13.9 Å². The van der Waals surface area contributed by atoms with Gasteiger partial charge < -0.3 is 10.2 Å². The van der Waals surface area contributed by atoms with E-state index in [2.05, 4.69) is 5.32 Å². The molecule has 1 saturated carbocycles. The van der Waals surface area contributed by atoms with Crippen molar-refractivity contribution in [1.29, 1.82) is 0 Å². The summed E-state index contributed by atoms with van der Waals surface area (Å²) in [5.74, 6) is -0.845. The van der Waals surface area contributed by atoms with Crippen LogP contribution in [0.4, 0.5) is 10.1 Å². The highest BCUT2D eigenvalue weighted by Gasteiger charge is 2.32. The lowest BCUT2D eigenvalue weighted by atomic mass is 9.94. The summed E-state index contributed by atoms with van der Waals surface area (Å²) in [4.78, 5) is 29.5. The Kier molecular flexibility index (Phi) is 11.6. The van der Waals surface area contributed by atoms with Gasteiger partial charge in [0.05, 0.1) is 11.9 Å². The Balaban J connectivity index is 1.59. The second-order valence-electron chi connectivity index (χ2n) is 12.0. The number of carbonyl (C=O) groups is 2. The number of carbonyl (C=O) groups excluding carboxylic acids is 2. The summed E-state index contributed by atoms with van der Waals surface area (Å²) in [6.45, 7) is 4.08. The molecule has 0 spiro atoms. The van der Waals surface area contributed by atoms with Gasteiger partial charge in [-0.1, -0.05) is 67.8 Å².